The number of hydrogen-bond acceptors (Lipinski definition) is 14. The predicted octanol–water partition coefficient (Wildman–Crippen LogP) is 7.79. The Balaban J connectivity index is 0.783. The number of likely N-dealkylation sites (tertiary alicyclic amines) is 2. The summed E-state index contributed by atoms with van der Waals surface area (Å²) < 4.78 is 21.1. The first-order valence-electron chi connectivity index (χ1n) is 26.0. The molecule has 8 rings (SSSR count). The lowest BCUT2D eigenvalue weighted by Crippen LogP contribution is -2.59. The smallest absolute Gasteiger partial charge is 0.258 e. The molecular weight excluding hydrogens is 1000 g/mol. The number of piperidine rings is 2. The van der Waals surface area contributed by atoms with E-state index < -0.39 is 47.0 Å². The van der Waals surface area contributed by atoms with Crippen LogP contribution in [0.15, 0.2) is 64.2 Å². The van der Waals surface area contributed by atoms with E-state index in [4.69, 9.17) is 22.1 Å². The maximum absolute atomic E-state index is 14.7. The number of rotatable bonds is 20. The number of unbranched alkanes of at least 4 members (excludes halogenated alkanes) is 1. The third-order valence-corrected chi connectivity index (χ3v) is 17.5. The van der Waals surface area contributed by atoms with Gasteiger partial charge < -0.3 is 46.2 Å². The van der Waals surface area contributed by atoms with Gasteiger partial charge in [0.1, 0.15) is 28.7 Å². The third-order valence-electron chi connectivity index (χ3n) is 15.0. The Labute approximate surface area is 447 Å². The van der Waals surface area contributed by atoms with Crippen molar-refractivity contribution < 1.29 is 33.4 Å². The molecule has 2 aromatic heterocycles. The minimum atomic E-state index is -1.97. The van der Waals surface area contributed by atoms with E-state index in [-0.39, 0.29) is 49.6 Å². The number of amides is 4. The van der Waals surface area contributed by atoms with E-state index in [1.165, 1.54) is 28.0 Å². The molecule has 3 atom stereocenters. The zero-order valence-corrected chi connectivity index (χ0v) is 45.7. The zero-order chi connectivity index (χ0) is 52.8. The quantitative estimate of drug-likeness (QED) is 0.0537. The average Bonchev–Trinajstić information content (AvgIpc) is 3.79. The molecule has 3 aliphatic heterocycles. The van der Waals surface area contributed by atoms with Crippen LogP contribution in [0.25, 0.3) is 10.4 Å². The highest BCUT2D eigenvalue weighted by atomic mass is 35.5. The molecule has 0 radical (unpaired) electrons. The molecule has 0 bridgehead atoms. The van der Waals surface area contributed by atoms with Gasteiger partial charge in [-0.25, -0.2) is 19.3 Å². The van der Waals surface area contributed by atoms with Crippen LogP contribution < -0.4 is 31.3 Å². The Morgan fingerprint density at radius 3 is 2.45 bits per heavy atom. The number of carbonyl (C=O) groups is 4. The minimum absolute atomic E-state index is 0.0309. The first-order chi connectivity index (χ1) is 35.3. The van der Waals surface area contributed by atoms with E-state index in [1.807, 2.05) is 49.5 Å². The van der Waals surface area contributed by atoms with Crippen LogP contribution in [-0.4, -0.2) is 130 Å². The third kappa shape index (κ3) is 13.9. The molecule has 4 aromatic rings. The van der Waals surface area contributed by atoms with Crippen LogP contribution in [0.5, 0.6) is 5.75 Å². The molecule has 74 heavy (non-hydrogen) atoms. The number of hydrogen-bond donors (Lipinski definition) is 5. The molecule has 0 unspecified atom stereocenters. The number of aromatic nitrogens is 3. The fourth-order valence-corrected chi connectivity index (χ4v) is 11.7. The van der Waals surface area contributed by atoms with Gasteiger partial charge in [0.15, 0.2) is 5.67 Å². The number of benzene rings is 2. The van der Waals surface area contributed by atoms with Crippen molar-refractivity contribution in [1.82, 2.24) is 35.4 Å². The van der Waals surface area contributed by atoms with Crippen molar-refractivity contribution in [3.05, 3.63) is 70.6 Å². The van der Waals surface area contributed by atoms with Crippen molar-refractivity contribution in [3.63, 3.8) is 0 Å². The SMILES string of the molecule is Cc1ncsc1-c1ccc(CNC(=O)[C@@H]2C[C@@H](O)CN2C(=O)[C@@H](NC(=O)C2(F)CC2)C(C)(C)C)c(OCCCCN2CCC(CC(=O)Nc3cccc(Sc4cnc(N5CCC(C)(CN)CC5)cn4)c3Cl)CC2)c1. The Morgan fingerprint density at radius 1 is 1.03 bits per heavy atom. The van der Waals surface area contributed by atoms with Crippen molar-refractivity contribution in [2.75, 3.05) is 62.6 Å². The predicted molar refractivity (Wildman–Crippen MR) is 288 cm³/mol. The Bertz CT molecular complexity index is 2620. The van der Waals surface area contributed by atoms with Gasteiger partial charge in [0.2, 0.25) is 17.7 Å². The van der Waals surface area contributed by atoms with E-state index in [0.717, 1.165) is 109 Å². The van der Waals surface area contributed by atoms with Gasteiger partial charge in [-0.15, -0.1) is 11.3 Å². The van der Waals surface area contributed by atoms with Gasteiger partial charge in [0, 0.05) is 49.5 Å². The molecule has 3 saturated heterocycles. The van der Waals surface area contributed by atoms with E-state index in [0.29, 0.717) is 36.0 Å². The second kappa shape index (κ2) is 24.0. The summed E-state index contributed by atoms with van der Waals surface area (Å²) in [6, 6.07) is 9.42. The van der Waals surface area contributed by atoms with Crippen molar-refractivity contribution in [3.8, 4) is 16.2 Å². The highest BCUT2D eigenvalue weighted by molar-refractivity contribution is 7.99. The van der Waals surface area contributed by atoms with Gasteiger partial charge in [-0.1, -0.05) is 69.3 Å². The fraction of sp³-hybridized carbons (Fsp3) is 0.574. The molecule has 2 aromatic carbocycles. The monoisotopic (exact) mass is 1070 g/mol. The summed E-state index contributed by atoms with van der Waals surface area (Å²) >= 11 is 9.80. The lowest BCUT2D eigenvalue weighted by atomic mass is 9.80. The Morgan fingerprint density at radius 2 is 1.78 bits per heavy atom. The highest BCUT2D eigenvalue weighted by Crippen LogP contribution is 2.41. The molecule has 400 valence electrons. The van der Waals surface area contributed by atoms with Gasteiger partial charge in [-0.3, -0.25) is 19.2 Å². The lowest BCUT2D eigenvalue weighted by Gasteiger charge is -2.39. The van der Waals surface area contributed by atoms with E-state index in [9.17, 15) is 28.7 Å². The van der Waals surface area contributed by atoms with Crippen LogP contribution in [0.1, 0.15) is 103 Å². The molecule has 4 aliphatic rings. The zero-order valence-electron chi connectivity index (χ0n) is 43.3. The first kappa shape index (κ1) is 55.3. The first-order valence-corrected chi connectivity index (χ1v) is 28.1. The molecule has 6 N–H and O–H groups in total. The summed E-state index contributed by atoms with van der Waals surface area (Å²) in [7, 11) is 0. The van der Waals surface area contributed by atoms with Crippen LogP contribution in [0.3, 0.4) is 0 Å². The number of aliphatic hydroxyl groups excluding tert-OH is 1. The van der Waals surface area contributed by atoms with Crippen LogP contribution in [-0.2, 0) is 25.7 Å². The summed E-state index contributed by atoms with van der Waals surface area (Å²) in [5.41, 5.74) is 8.41. The molecule has 1 aliphatic carbocycles. The van der Waals surface area contributed by atoms with Crippen LogP contribution in [0.2, 0.25) is 5.02 Å². The summed E-state index contributed by atoms with van der Waals surface area (Å²) in [4.78, 5) is 75.4. The van der Waals surface area contributed by atoms with E-state index in [2.05, 4.69) is 47.6 Å². The van der Waals surface area contributed by atoms with Crippen LogP contribution in [0, 0.1) is 23.7 Å². The number of nitrogens with one attached hydrogen (secondary N) is 3. The number of halogens is 2. The summed E-state index contributed by atoms with van der Waals surface area (Å²) in [5.74, 6) is -0.111. The van der Waals surface area contributed by atoms with Gasteiger partial charge >= 0.3 is 0 Å². The number of nitrogens with zero attached hydrogens (tertiary/aromatic N) is 6. The number of ether oxygens (including phenoxy) is 1. The second-order valence-electron chi connectivity index (χ2n) is 22.0. The minimum Gasteiger partial charge on any atom is -0.493 e. The van der Waals surface area contributed by atoms with Crippen molar-refractivity contribution in [2.45, 2.75) is 139 Å². The number of alkyl halides is 1. The molecular formula is C54H72ClFN10O6S2. The van der Waals surface area contributed by atoms with Crippen molar-refractivity contribution >= 4 is 69.8 Å². The molecule has 0 spiro atoms. The normalized spacial score (nSPS) is 20.2. The largest absolute Gasteiger partial charge is 0.493 e. The Kier molecular flexibility index (Phi) is 17.9. The molecule has 1 saturated carbocycles. The number of anilines is 2. The number of aryl methyl sites for hydroxylation is 1. The summed E-state index contributed by atoms with van der Waals surface area (Å²) in [6.45, 7) is 15.2. The summed E-state index contributed by atoms with van der Waals surface area (Å²) in [6.07, 6.45) is 8.92. The van der Waals surface area contributed by atoms with E-state index >= 15 is 0 Å². The molecule has 20 heteroatoms. The van der Waals surface area contributed by atoms with Gasteiger partial charge in [0.05, 0.1) is 51.9 Å². The second-order valence-corrected chi connectivity index (χ2v) is 24.3. The fourth-order valence-electron chi connectivity index (χ4n) is 9.87. The number of carbonyl (C=O) groups excluding carboxylic acids is 4. The number of aliphatic hydroxyl groups is 1. The standard InChI is InChI=1S/C54H72ClFN10O6S2/c1-34-47(73-33-61-34)36-11-12-37(28-60-49(69)40-27-38(67)31-66(40)50(70)48(52(2,3)4)63-51(71)54(56)15-16-54)41(26-36)72-24-7-6-19-64-20-13-35(14-21-64)25-44(68)62-39-9-8-10-42(46(39)55)74-45-30-58-43(29-59-45)65-22-17-53(5,32-57)18-23-65/h8-12,26,29-30,33,35,38,40,48,67H,6-7,13-25,27-28,31-32,57H2,1-5H3,(H,60,69)(H,62,68)(H,63,71)/t38-,40+,48-/m1/s1. The lowest BCUT2D eigenvalue weighted by molar-refractivity contribution is -0.145. The molecule has 16 nitrogen and oxygen atoms in total. The topological polar surface area (TPSA) is 208 Å². The van der Waals surface area contributed by atoms with Crippen molar-refractivity contribution in [2.24, 2.45) is 22.5 Å². The maximum atomic E-state index is 14.7. The molecule has 5 heterocycles. The average molecular weight is 1080 g/mol. The summed E-state index contributed by atoms with van der Waals surface area (Å²) in [5, 5.41) is 20.5. The highest BCUT2D eigenvalue weighted by Gasteiger charge is 2.53. The maximum Gasteiger partial charge on any atom is 0.258 e. The van der Waals surface area contributed by atoms with Gasteiger partial charge in [-0.2, -0.15) is 0 Å². The number of nitrogens with two attached hydrogens (primary N) is 1. The number of thiazole rings is 1. The number of β-amino-alcohol motifs (C(OH)–C–C–N with tert-alkyl or cyclic N) is 1. The van der Waals surface area contributed by atoms with E-state index in [1.54, 1.807) is 32.5 Å². The van der Waals surface area contributed by atoms with Crippen molar-refractivity contribution in [1.29, 1.82) is 0 Å². The molecule has 4 amide bonds. The van der Waals surface area contributed by atoms with Gasteiger partial charge in [-0.05, 0) is 125 Å². The Hall–Kier alpha value is -4.92. The van der Waals surface area contributed by atoms with Crippen LogP contribution in [0.4, 0.5) is 15.9 Å². The van der Waals surface area contributed by atoms with Crippen LogP contribution >= 0.6 is 34.7 Å². The molecule has 4 fully saturated rings. The van der Waals surface area contributed by atoms with Gasteiger partial charge in [0.25, 0.3) is 5.91 Å².